The lowest BCUT2D eigenvalue weighted by Crippen LogP contribution is -3.00. The number of fused-ring (bicyclic) bond motifs is 6. The summed E-state index contributed by atoms with van der Waals surface area (Å²) < 4.78 is 6.38. The molecule has 3 aromatic carbocycles. The monoisotopic (exact) mass is 595 g/mol. The average Bonchev–Trinajstić information content (AvgIpc) is 3.00. The largest absolute Gasteiger partial charge is 1.00 e. The van der Waals surface area contributed by atoms with Crippen molar-refractivity contribution < 1.29 is 31.3 Å². The molecule has 5 nitrogen and oxygen atoms in total. The van der Waals surface area contributed by atoms with Gasteiger partial charge in [0.2, 0.25) is 0 Å². The number of hydrogen-bond donors (Lipinski definition) is 1. The fourth-order valence-electron chi connectivity index (χ4n) is 7.53. The van der Waals surface area contributed by atoms with Crippen LogP contribution in [0.2, 0.25) is 0 Å². The lowest BCUT2D eigenvalue weighted by Gasteiger charge is -2.58. The van der Waals surface area contributed by atoms with Gasteiger partial charge in [-0.15, -0.1) is 6.58 Å². The van der Waals surface area contributed by atoms with Gasteiger partial charge in [-0.1, -0.05) is 42.5 Å². The lowest BCUT2D eigenvalue weighted by atomic mass is 9.71. The summed E-state index contributed by atoms with van der Waals surface area (Å²) in [7, 11) is 1.68. The number of nitrogens with zero attached hydrogens (tertiary/aromatic N) is 3. The van der Waals surface area contributed by atoms with E-state index < -0.39 is 6.10 Å². The number of pyridine rings is 2. The Hall–Kier alpha value is -3.32. The van der Waals surface area contributed by atoms with Crippen LogP contribution in [0, 0.1) is 11.8 Å². The van der Waals surface area contributed by atoms with Gasteiger partial charge < -0.3 is 31.3 Å². The van der Waals surface area contributed by atoms with Crippen molar-refractivity contribution in [3.8, 4) is 5.75 Å². The van der Waals surface area contributed by atoms with Crippen molar-refractivity contribution >= 4 is 32.7 Å². The average molecular weight is 597 g/mol. The molecule has 2 bridgehead atoms. The molecule has 8 rings (SSSR count). The Bertz CT molecular complexity index is 1670. The van der Waals surface area contributed by atoms with Crippen molar-refractivity contribution in [3.05, 3.63) is 103 Å². The number of ether oxygens (including phenoxy) is 1. The normalized spacial score (nSPS) is 24.6. The predicted molar refractivity (Wildman–Crippen MR) is 156 cm³/mol. The SMILES string of the molecule is C=C[C@H]1C[N+]2(Cc3c4ccccc4nc4ccccc34)CC[C@H]1C[C@H]2[C@H](O)c1ccnc2ccc(OC)cc12.[Br-]. The number of rotatable bonds is 6. The van der Waals surface area contributed by atoms with Crippen LogP contribution in [0.25, 0.3) is 32.7 Å². The van der Waals surface area contributed by atoms with Gasteiger partial charge in [0.05, 0.1) is 36.7 Å². The number of methoxy groups -OCH3 is 1. The zero-order valence-corrected chi connectivity index (χ0v) is 24.3. The first kappa shape index (κ1) is 26.9. The van der Waals surface area contributed by atoms with E-state index in [1.54, 1.807) is 7.11 Å². The summed E-state index contributed by atoms with van der Waals surface area (Å²) in [6, 6.07) is 25.0. The number of benzene rings is 3. The molecule has 6 heteroatoms. The molecule has 0 aliphatic carbocycles. The second kappa shape index (κ2) is 10.6. The first-order chi connectivity index (χ1) is 19.1. The minimum atomic E-state index is -0.615. The van der Waals surface area contributed by atoms with Crippen LogP contribution in [-0.4, -0.2) is 45.8 Å². The van der Waals surface area contributed by atoms with Crippen LogP contribution in [0.3, 0.4) is 0 Å². The van der Waals surface area contributed by atoms with Crippen LogP contribution < -0.4 is 21.7 Å². The molecule has 3 aliphatic rings. The third kappa shape index (κ3) is 4.30. The second-order valence-electron chi connectivity index (χ2n) is 11.4. The maximum absolute atomic E-state index is 12.2. The first-order valence-corrected chi connectivity index (χ1v) is 14.0. The van der Waals surface area contributed by atoms with Gasteiger partial charge in [0.25, 0.3) is 0 Å². The first-order valence-electron chi connectivity index (χ1n) is 14.0. The van der Waals surface area contributed by atoms with Gasteiger partial charge in [0.15, 0.2) is 0 Å². The Morgan fingerprint density at radius 1 is 1.00 bits per heavy atom. The zero-order chi connectivity index (χ0) is 26.6. The van der Waals surface area contributed by atoms with E-state index in [-0.39, 0.29) is 23.0 Å². The van der Waals surface area contributed by atoms with E-state index in [9.17, 15) is 5.11 Å². The molecule has 0 spiro atoms. The standard InChI is InChI=1S/C34H34N3O2.BrH/c1-3-22-20-37(21-29-25-8-4-6-10-31(25)36-32-11-7-5-9-26(29)32)17-15-23(22)18-33(37)34(38)27-14-16-35-30-13-12-24(39-2)19-28(27)30;/h3-14,16,19,22-23,33-34,38H,1,15,17-18,20-21H2,2H3;1H/q+1;/p-1/t22-,23-,33-,34+,37?;/m0./s1. The van der Waals surface area contributed by atoms with E-state index >= 15 is 0 Å². The third-order valence-corrected chi connectivity index (χ3v) is 9.51. The highest BCUT2D eigenvalue weighted by atomic mass is 79.9. The molecule has 5 aromatic rings. The molecule has 0 saturated carbocycles. The van der Waals surface area contributed by atoms with Gasteiger partial charge in [-0.05, 0) is 47.9 Å². The van der Waals surface area contributed by atoms with Crippen LogP contribution in [-0.2, 0) is 6.54 Å². The van der Waals surface area contributed by atoms with Crippen molar-refractivity contribution in [2.45, 2.75) is 31.5 Å². The molecule has 3 saturated heterocycles. The van der Waals surface area contributed by atoms with Crippen molar-refractivity contribution in [2.75, 3.05) is 20.2 Å². The third-order valence-electron chi connectivity index (χ3n) is 9.51. The second-order valence-corrected chi connectivity index (χ2v) is 11.4. The number of halogens is 1. The van der Waals surface area contributed by atoms with Crippen LogP contribution in [0.5, 0.6) is 5.75 Å². The van der Waals surface area contributed by atoms with Crippen molar-refractivity contribution in [1.29, 1.82) is 0 Å². The Kier molecular flexibility index (Phi) is 7.11. The predicted octanol–water partition coefficient (Wildman–Crippen LogP) is 3.59. The summed E-state index contributed by atoms with van der Waals surface area (Å²) >= 11 is 0. The van der Waals surface area contributed by atoms with Crippen molar-refractivity contribution in [3.63, 3.8) is 0 Å². The molecule has 1 unspecified atom stereocenters. The summed E-state index contributed by atoms with van der Waals surface area (Å²) in [4.78, 5) is 9.56. The van der Waals surface area contributed by atoms with Crippen LogP contribution in [0.4, 0.5) is 0 Å². The highest BCUT2D eigenvalue weighted by Crippen LogP contribution is 2.49. The number of aliphatic hydroxyl groups excluding tert-OH is 1. The van der Waals surface area contributed by atoms with Gasteiger partial charge >= 0.3 is 0 Å². The number of piperidine rings is 3. The molecule has 5 atom stereocenters. The summed E-state index contributed by atoms with van der Waals surface area (Å²) in [6.45, 7) is 7.12. The molecule has 204 valence electrons. The van der Waals surface area contributed by atoms with Crippen molar-refractivity contribution in [2.24, 2.45) is 11.8 Å². The Labute approximate surface area is 245 Å². The molecule has 3 aliphatic heterocycles. The summed E-state index contributed by atoms with van der Waals surface area (Å²) in [5.41, 5.74) is 5.21. The molecule has 0 radical (unpaired) electrons. The summed E-state index contributed by atoms with van der Waals surface area (Å²) in [5, 5.41) is 15.6. The zero-order valence-electron chi connectivity index (χ0n) is 22.7. The molecular weight excluding hydrogens is 562 g/mol. The van der Waals surface area contributed by atoms with E-state index in [0.717, 1.165) is 70.2 Å². The molecule has 5 heterocycles. The molecule has 1 N–H and O–H groups in total. The van der Waals surface area contributed by atoms with E-state index in [4.69, 9.17) is 9.72 Å². The minimum Gasteiger partial charge on any atom is -1.00 e. The minimum absolute atomic E-state index is 0. The Balaban J connectivity index is 0.00000289. The number of quaternary nitrogens is 1. The van der Waals surface area contributed by atoms with E-state index in [1.807, 2.05) is 30.5 Å². The quantitative estimate of drug-likeness (QED) is 0.185. The topological polar surface area (TPSA) is 55.2 Å². The maximum Gasteiger partial charge on any atom is 0.131 e. The Morgan fingerprint density at radius 3 is 2.42 bits per heavy atom. The van der Waals surface area contributed by atoms with Gasteiger partial charge in [-0.3, -0.25) is 4.98 Å². The van der Waals surface area contributed by atoms with Gasteiger partial charge in [0.1, 0.15) is 24.4 Å². The molecule has 40 heavy (non-hydrogen) atoms. The number of aromatic nitrogens is 2. The molecule has 2 aromatic heterocycles. The summed E-state index contributed by atoms with van der Waals surface area (Å²) in [6.07, 6.45) is 5.51. The number of hydrogen-bond acceptors (Lipinski definition) is 4. The van der Waals surface area contributed by atoms with Gasteiger partial charge in [0, 0.05) is 46.7 Å². The smallest absolute Gasteiger partial charge is 0.131 e. The van der Waals surface area contributed by atoms with E-state index in [0.29, 0.717) is 11.8 Å². The highest BCUT2D eigenvalue weighted by molar-refractivity contribution is 5.97. The van der Waals surface area contributed by atoms with E-state index in [2.05, 4.69) is 66.2 Å². The lowest BCUT2D eigenvalue weighted by molar-refractivity contribution is -0.984. The van der Waals surface area contributed by atoms with Crippen LogP contribution in [0.1, 0.15) is 30.1 Å². The Morgan fingerprint density at radius 2 is 1.73 bits per heavy atom. The molecule has 0 amide bonds. The van der Waals surface area contributed by atoms with Gasteiger partial charge in [-0.25, -0.2) is 4.98 Å². The number of aliphatic hydroxyl groups is 1. The van der Waals surface area contributed by atoms with Crippen LogP contribution in [0.15, 0.2) is 91.6 Å². The summed E-state index contributed by atoms with van der Waals surface area (Å²) in [5.74, 6) is 1.78. The highest BCUT2D eigenvalue weighted by Gasteiger charge is 2.54. The molecular formula is C34H34BrN3O2. The fraction of sp³-hybridized carbons (Fsp3) is 0.294. The molecule has 3 fully saturated rings. The number of para-hydroxylation sites is 2. The van der Waals surface area contributed by atoms with E-state index in [1.165, 1.54) is 16.3 Å². The van der Waals surface area contributed by atoms with Crippen LogP contribution >= 0.6 is 0 Å². The van der Waals surface area contributed by atoms with Gasteiger partial charge in [-0.2, -0.15) is 0 Å². The van der Waals surface area contributed by atoms with Crippen molar-refractivity contribution in [1.82, 2.24) is 9.97 Å². The maximum atomic E-state index is 12.2. The fourth-order valence-corrected chi connectivity index (χ4v) is 7.53.